The molecule has 0 spiro atoms. The van der Waals surface area contributed by atoms with Gasteiger partial charge in [0.2, 0.25) is 5.91 Å². The van der Waals surface area contributed by atoms with Crippen LogP contribution in [0.15, 0.2) is 54.6 Å². The lowest BCUT2D eigenvalue weighted by Gasteiger charge is -2.30. The molecule has 0 saturated carbocycles. The van der Waals surface area contributed by atoms with Crippen molar-refractivity contribution in [2.24, 2.45) is 0 Å². The monoisotopic (exact) mass is 306 g/mol. The van der Waals surface area contributed by atoms with E-state index >= 15 is 0 Å². The Balaban J connectivity index is 1.71. The third-order valence-corrected chi connectivity index (χ3v) is 4.49. The van der Waals surface area contributed by atoms with Crippen LogP contribution in [0.1, 0.15) is 37.5 Å². The van der Waals surface area contributed by atoms with Gasteiger partial charge in [-0.1, -0.05) is 42.5 Å². The van der Waals surface area contributed by atoms with Crippen LogP contribution in [0.25, 0.3) is 11.0 Å². The standard InChI is InChI=1S/C18H18N4O/c1-13(14-7-3-2-4-8-14)21-17(11-12-18(21)23)22-19-15-9-5-6-10-16(15)20-22/h2-10,13,17H,11-12H2,1H3/t13?,17-/m1/s1. The van der Waals surface area contributed by atoms with Crippen molar-refractivity contribution in [3.63, 3.8) is 0 Å². The van der Waals surface area contributed by atoms with Crippen LogP contribution in [0, 0.1) is 0 Å². The van der Waals surface area contributed by atoms with Gasteiger partial charge in [0.15, 0.2) is 0 Å². The Labute approximate surface area is 134 Å². The molecule has 1 aliphatic heterocycles. The predicted octanol–water partition coefficient (Wildman–Crippen LogP) is 3.31. The van der Waals surface area contributed by atoms with Crippen LogP contribution in [0.2, 0.25) is 0 Å². The molecule has 2 atom stereocenters. The van der Waals surface area contributed by atoms with Gasteiger partial charge in [-0.2, -0.15) is 15.0 Å². The van der Waals surface area contributed by atoms with Crippen LogP contribution in [0.5, 0.6) is 0 Å². The van der Waals surface area contributed by atoms with E-state index in [4.69, 9.17) is 0 Å². The molecule has 116 valence electrons. The van der Waals surface area contributed by atoms with Crippen molar-refractivity contribution < 1.29 is 4.79 Å². The van der Waals surface area contributed by atoms with Crippen molar-refractivity contribution in [2.45, 2.75) is 32.0 Å². The number of aromatic nitrogens is 3. The van der Waals surface area contributed by atoms with Crippen molar-refractivity contribution >= 4 is 16.9 Å². The van der Waals surface area contributed by atoms with E-state index in [9.17, 15) is 4.79 Å². The van der Waals surface area contributed by atoms with Crippen molar-refractivity contribution in [3.8, 4) is 0 Å². The first kappa shape index (κ1) is 13.9. The quantitative estimate of drug-likeness (QED) is 0.746. The normalized spacial score (nSPS) is 19.4. The van der Waals surface area contributed by atoms with Crippen LogP contribution in [0.3, 0.4) is 0 Å². The van der Waals surface area contributed by atoms with E-state index < -0.39 is 0 Å². The van der Waals surface area contributed by atoms with Gasteiger partial charge in [-0.3, -0.25) is 4.79 Å². The molecule has 0 N–H and O–H groups in total. The molecule has 1 saturated heterocycles. The van der Waals surface area contributed by atoms with E-state index in [0.29, 0.717) is 6.42 Å². The molecule has 23 heavy (non-hydrogen) atoms. The van der Waals surface area contributed by atoms with Crippen molar-refractivity contribution in [3.05, 3.63) is 60.2 Å². The highest BCUT2D eigenvalue weighted by Crippen LogP contribution is 2.35. The fourth-order valence-electron chi connectivity index (χ4n) is 3.29. The van der Waals surface area contributed by atoms with Gasteiger partial charge in [0, 0.05) is 6.42 Å². The highest BCUT2D eigenvalue weighted by atomic mass is 16.2. The number of carbonyl (C=O) groups is 1. The third kappa shape index (κ3) is 2.38. The Hall–Kier alpha value is -2.69. The smallest absolute Gasteiger partial charge is 0.224 e. The average Bonchev–Trinajstić information content (AvgIpc) is 3.18. The SMILES string of the molecule is CC(c1ccccc1)N1C(=O)CC[C@H]1n1nc2ccccc2n1. The fourth-order valence-corrected chi connectivity index (χ4v) is 3.29. The van der Waals surface area contributed by atoms with Gasteiger partial charge in [-0.25, -0.2) is 0 Å². The van der Waals surface area contributed by atoms with E-state index in [1.165, 1.54) is 0 Å². The van der Waals surface area contributed by atoms with E-state index in [2.05, 4.69) is 29.3 Å². The van der Waals surface area contributed by atoms with Crippen LogP contribution >= 0.6 is 0 Å². The third-order valence-electron chi connectivity index (χ3n) is 4.49. The Morgan fingerprint density at radius 1 is 1.00 bits per heavy atom. The van der Waals surface area contributed by atoms with Gasteiger partial charge in [-0.15, -0.1) is 0 Å². The molecular formula is C18H18N4O. The summed E-state index contributed by atoms with van der Waals surface area (Å²) in [6, 6.07) is 17.9. The number of likely N-dealkylation sites (tertiary alicyclic amines) is 1. The second-order valence-corrected chi connectivity index (χ2v) is 5.92. The number of hydrogen-bond acceptors (Lipinski definition) is 3. The number of amides is 1. The van der Waals surface area contributed by atoms with Gasteiger partial charge in [0.25, 0.3) is 0 Å². The van der Waals surface area contributed by atoms with Crippen LogP contribution in [0.4, 0.5) is 0 Å². The minimum atomic E-state index is -0.120. The molecule has 5 heteroatoms. The molecule has 5 nitrogen and oxygen atoms in total. The van der Waals surface area contributed by atoms with Crippen molar-refractivity contribution in [2.75, 3.05) is 0 Å². The maximum absolute atomic E-state index is 12.4. The first-order valence-corrected chi connectivity index (χ1v) is 7.92. The first-order valence-electron chi connectivity index (χ1n) is 7.92. The molecule has 3 aromatic rings. The summed E-state index contributed by atoms with van der Waals surface area (Å²) in [5, 5.41) is 9.13. The van der Waals surface area contributed by atoms with Crippen molar-refractivity contribution in [1.29, 1.82) is 0 Å². The van der Waals surface area contributed by atoms with Gasteiger partial charge < -0.3 is 4.90 Å². The second-order valence-electron chi connectivity index (χ2n) is 5.92. The number of rotatable bonds is 3. The molecule has 1 aliphatic rings. The summed E-state index contributed by atoms with van der Waals surface area (Å²) in [6.07, 6.45) is 1.17. The number of hydrogen-bond donors (Lipinski definition) is 0. The molecule has 0 radical (unpaired) electrons. The Bertz CT molecular complexity index is 809. The van der Waals surface area contributed by atoms with Crippen LogP contribution in [-0.4, -0.2) is 25.8 Å². The van der Waals surface area contributed by atoms with Gasteiger partial charge in [0.1, 0.15) is 17.2 Å². The summed E-state index contributed by atoms with van der Waals surface area (Å²) < 4.78 is 0. The highest BCUT2D eigenvalue weighted by Gasteiger charge is 2.37. The molecule has 4 rings (SSSR count). The summed E-state index contributed by atoms with van der Waals surface area (Å²) in [4.78, 5) is 16.1. The zero-order valence-corrected chi connectivity index (χ0v) is 13.0. The van der Waals surface area contributed by atoms with E-state index in [0.717, 1.165) is 23.0 Å². The lowest BCUT2D eigenvalue weighted by atomic mass is 10.1. The van der Waals surface area contributed by atoms with E-state index in [-0.39, 0.29) is 18.1 Å². The average molecular weight is 306 g/mol. The number of carbonyl (C=O) groups excluding carboxylic acids is 1. The summed E-state index contributed by atoms with van der Waals surface area (Å²) in [7, 11) is 0. The van der Waals surface area contributed by atoms with E-state index in [1.807, 2.05) is 47.4 Å². The molecular weight excluding hydrogens is 288 g/mol. The fraction of sp³-hybridized carbons (Fsp3) is 0.278. The van der Waals surface area contributed by atoms with Gasteiger partial charge in [0.05, 0.1) is 6.04 Å². The molecule has 2 aromatic carbocycles. The molecule has 1 amide bonds. The zero-order chi connectivity index (χ0) is 15.8. The zero-order valence-electron chi connectivity index (χ0n) is 13.0. The molecule has 1 unspecified atom stereocenters. The molecule has 2 heterocycles. The van der Waals surface area contributed by atoms with Crippen LogP contribution in [-0.2, 0) is 4.79 Å². The summed E-state index contributed by atoms with van der Waals surface area (Å²) in [5.74, 6) is 0.160. The van der Waals surface area contributed by atoms with Gasteiger partial charge >= 0.3 is 0 Å². The number of fused-ring (bicyclic) bond motifs is 1. The highest BCUT2D eigenvalue weighted by molar-refractivity contribution is 5.79. The molecule has 0 bridgehead atoms. The lowest BCUT2D eigenvalue weighted by Crippen LogP contribution is -2.34. The van der Waals surface area contributed by atoms with Gasteiger partial charge in [-0.05, 0) is 31.0 Å². The second kappa shape index (κ2) is 5.50. The molecule has 1 fully saturated rings. The number of nitrogens with zero attached hydrogens (tertiary/aromatic N) is 4. The first-order chi connectivity index (χ1) is 11.2. The molecule has 1 aromatic heterocycles. The lowest BCUT2D eigenvalue weighted by molar-refractivity contribution is -0.132. The minimum absolute atomic E-state index is 0.00492. The molecule has 0 aliphatic carbocycles. The Kier molecular flexibility index (Phi) is 3.33. The summed E-state index contributed by atoms with van der Waals surface area (Å²) in [6.45, 7) is 2.06. The van der Waals surface area contributed by atoms with Crippen molar-refractivity contribution in [1.82, 2.24) is 19.9 Å². The van der Waals surface area contributed by atoms with Crippen LogP contribution < -0.4 is 0 Å². The maximum atomic E-state index is 12.4. The Morgan fingerprint density at radius 2 is 1.61 bits per heavy atom. The largest absolute Gasteiger partial charge is 0.312 e. The summed E-state index contributed by atoms with van der Waals surface area (Å²) in [5.41, 5.74) is 2.85. The maximum Gasteiger partial charge on any atom is 0.224 e. The van der Waals surface area contributed by atoms with E-state index in [1.54, 1.807) is 4.80 Å². The predicted molar refractivity (Wildman–Crippen MR) is 87.5 cm³/mol. The summed E-state index contributed by atoms with van der Waals surface area (Å²) >= 11 is 0. The number of benzene rings is 2. The minimum Gasteiger partial charge on any atom is -0.312 e. The topological polar surface area (TPSA) is 51.0 Å². The Morgan fingerprint density at radius 3 is 2.26 bits per heavy atom.